The van der Waals surface area contributed by atoms with Crippen molar-refractivity contribution in [2.45, 2.75) is 31.5 Å². The van der Waals surface area contributed by atoms with Crippen LogP contribution in [-0.2, 0) is 9.53 Å². The second kappa shape index (κ2) is 5.50. The molecular weight excluding hydrogens is 274 g/mol. The van der Waals surface area contributed by atoms with Gasteiger partial charge in [0.1, 0.15) is 0 Å². The number of ether oxygens (including phenoxy) is 1. The number of aliphatic hydroxyl groups excluding tert-OH is 3. The van der Waals surface area contributed by atoms with Crippen molar-refractivity contribution in [2.24, 2.45) is 23.2 Å². The number of carbonyl (C=O) groups is 1. The highest BCUT2D eigenvalue weighted by Gasteiger charge is 2.68. The number of methoxy groups -OCH3 is 1. The lowest BCUT2D eigenvalue weighted by Crippen LogP contribution is -2.44. The number of piperidine rings is 1. The van der Waals surface area contributed by atoms with Gasteiger partial charge in [-0.1, -0.05) is 0 Å². The minimum Gasteiger partial charge on any atom is -0.396 e. The van der Waals surface area contributed by atoms with Gasteiger partial charge in [0.25, 0.3) is 0 Å². The van der Waals surface area contributed by atoms with Gasteiger partial charge in [-0.2, -0.15) is 0 Å². The van der Waals surface area contributed by atoms with Gasteiger partial charge < -0.3 is 25.0 Å². The smallest absolute Gasteiger partial charge is 0.225 e. The van der Waals surface area contributed by atoms with Crippen LogP contribution in [0.4, 0.5) is 0 Å². The SMILES string of the molecule is CO[C@H]1C[C@@H](C(=O)N2CC3C(C2)C3(CO)CO)CC[C@H]1O. The summed E-state index contributed by atoms with van der Waals surface area (Å²) in [4.78, 5) is 14.5. The first-order chi connectivity index (χ1) is 10.1. The summed E-state index contributed by atoms with van der Waals surface area (Å²) < 4.78 is 5.26. The minimum absolute atomic E-state index is 0.00222. The number of carbonyl (C=O) groups excluding carboxylic acids is 1. The molecule has 0 aromatic rings. The quantitative estimate of drug-likeness (QED) is 0.634. The van der Waals surface area contributed by atoms with Crippen LogP contribution >= 0.6 is 0 Å². The lowest BCUT2D eigenvalue weighted by Gasteiger charge is -2.34. The van der Waals surface area contributed by atoms with Crippen LogP contribution in [0.25, 0.3) is 0 Å². The van der Waals surface area contributed by atoms with Crippen molar-refractivity contribution in [1.82, 2.24) is 4.90 Å². The molecule has 120 valence electrons. The van der Waals surface area contributed by atoms with Gasteiger partial charge in [-0.25, -0.2) is 0 Å². The van der Waals surface area contributed by atoms with E-state index >= 15 is 0 Å². The van der Waals surface area contributed by atoms with Gasteiger partial charge in [0.2, 0.25) is 5.91 Å². The fraction of sp³-hybridized carbons (Fsp3) is 0.933. The fourth-order valence-electron chi connectivity index (χ4n) is 4.39. The van der Waals surface area contributed by atoms with E-state index in [0.717, 1.165) is 0 Å². The number of aliphatic hydroxyl groups is 3. The van der Waals surface area contributed by atoms with Crippen LogP contribution in [0.5, 0.6) is 0 Å². The van der Waals surface area contributed by atoms with E-state index in [0.29, 0.717) is 32.4 Å². The molecule has 3 rings (SSSR count). The summed E-state index contributed by atoms with van der Waals surface area (Å²) >= 11 is 0. The van der Waals surface area contributed by atoms with Crippen LogP contribution < -0.4 is 0 Å². The highest BCUT2D eigenvalue weighted by atomic mass is 16.5. The van der Waals surface area contributed by atoms with Crippen molar-refractivity contribution >= 4 is 5.91 Å². The molecule has 2 saturated carbocycles. The molecule has 3 aliphatic rings. The third kappa shape index (κ3) is 2.29. The summed E-state index contributed by atoms with van der Waals surface area (Å²) in [6.07, 6.45) is 1.17. The molecule has 1 amide bonds. The average molecular weight is 299 g/mol. The minimum atomic E-state index is -0.470. The van der Waals surface area contributed by atoms with E-state index in [2.05, 4.69) is 0 Å². The molecule has 5 atom stereocenters. The molecule has 2 unspecified atom stereocenters. The Hall–Kier alpha value is -0.690. The molecule has 0 radical (unpaired) electrons. The van der Waals surface area contributed by atoms with Crippen molar-refractivity contribution in [1.29, 1.82) is 0 Å². The zero-order valence-corrected chi connectivity index (χ0v) is 12.4. The lowest BCUT2D eigenvalue weighted by molar-refractivity contribution is -0.141. The van der Waals surface area contributed by atoms with Crippen molar-refractivity contribution in [2.75, 3.05) is 33.4 Å². The van der Waals surface area contributed by atoms with Crippen LogP contribution in [-0.4, -0.2) is 71.7 Å². The molecule has 2 aliphatic carbocycles. The van der Waals surface area contributed by atoms with Gasteiger partial charge >= 0.3 is 0 Å². The van der Waals surface area contributed by atoms with Gasteiger partial charge in [-0.05, 0) is 31.1 Å². The first-order valence-electron chi connectivity index (χ1n) is 7.78. The molecule has 1 aliphatic heterocycles. The Morgan fingerprint density at radius 3 is 2.38 bits per heavy atom. The molecule has 21 heavy (non-hydrogen) atoms. The van der Waals surface area contributed by atoms with E-state index in [1.807, 2.05) is 4.90 Å². The zero-order chi connectivity index (χ0) is 15.2. The third-order valence-corrected chi connectivity index (χ3v) is 6.00. The monoisotopic (exact) mass is 299 g/mol. The van der Waals surface area contributed by atoms with E-state index in [9.17, 15) is 20.1 Å². The Morgan fingerprint density at radius 1 is 1.24 bits per heavy atom. The summed E-state index contributed by atoms with van der Waals surface area (Å²) in [5.74, 6) is 0.544. The molecule has 1 saturated heterocycles. The molecule has 6 heteroatoms. The summed E-state index contributed by atoms with van der Waals surface area (Å²) in [7, 11) is 1.57. The lowest BCUT2D eigenvalue weighted by atomic mass is 9.84. The number of hydrogen-bond donors (Lipinski definition) is 3. The van der Waals surface area contributed by atoms with Crippen LogP contribution in [0, 0.1) is 23.2 Å². The summed E-state index contributed by atoms with van der Waals surface area (Å²) in [6.45, 7) is 1.28. The van der Waals surface area contributed by atoms with Gasteiger partial charge in [-0.3, -0.25) is 4.79 Å². The first-order valence-corrected chi connectivity index (χ1v) is 7.78. The number of fused-ring (bicyclic) bond motifs is 1. The number of nitrogens with zero attached hydrogens (tertiary/aromatic N) is 1. The van der Waals surface area contributed by atoms with Crippen LogP contribution in [0.15, 0.2) is 0 Å². The van der Waals surface area contributed by atoms with E-state index in [-0.39, 0.29) is 48.4 Å². The Kier molecular flexibility index (Phi) is 3.98. The molecule has 3 fully saturated rings. The molecule has 0 aromatic carbocycles. The van der Waals surface area contributed by atoms with Crippen molar-refractivity contribution in [3.05, 3.63) is 0 Å². The van der Waals surface area contributed by atoms with E-state index < -0.39 is 6.10 Å². The van der Waals surface area contributed by atoms with Crippen LogP contribution in [0.2, 0.25) is 0 Å². The summed E-state index contributed by atoms with van der Waals surface area (Å²) in [5, 5.41) is 28.7. The predicted octanol–water partition coefficient (Wildman–Crippen LogP) is -0.778. The maximum Gasteiger partial charge on any atom is 0.225 e. The Balaban J connectivity index is 1.57. The molecular formula is C15H25NO5. The third-order valence-electron chi connectivity index (χ3n) is 6.00. The summed E-state index contributed by atoms with van der Waals surface area (Å²) in [6, 6.07) is 0. The maximum absolute atomic E-state index is 12.6. The predicted molar refractivity (Wildman–Crippen MR) is 74.3 cm³/mol. The standard InChI is InChI=1S/C15H25NO5/c1-21-13-4-9(2-3-12(13)19)14(20)16-5-10-11(6-16)15(10,7-17)8-18/h9-13,17-19H,2-8H2,1H3/t9-,10?,11?,12+,13-/m0/s1. The molecule has 0 bridgehead atoms. The highest BCUT2D eigenvalue weighted by Crippen LogP contribution is 2.62. The maximum atomic E-state index is 12.6. The number of hydrogen-bond acceptors (Lipinski definition) is 5. The largest absolute Gasteiger partial charge is 0.396 e. The summed E-state index contributed by atoms with van der Waals surface area (Å²) in [5.41, 5.74) is -0.353. The van der Waals surface area contributed by atoms with Gasteiger partial charge in [0.15, 0.2) is 0 Å². The Morgan fingerprint density at radius 2 is 1.86 bits per heavy atom. The number of amides is 1. The molecule has 1 heterocycles. The van der Waals surface area contributed by atoms with Gasteiger partial charge in [0.05, 0.1) is 25.4 Å². The van der Waals surface area contributed by atoms with Crippen molar-refractivity contribution in [3.63, 3.8) is 0 Å². The topological polar surface area (TPSA) is 90.2 Å². The second-order valence-electron chi connectivity index (χ2n) is 6.86. The molecule has 0 spiro atoms. The normalized spacial score (nSPS) is 41.0. The van der Waals surface area contributed by atoms with Crippen molar-refractivity contribution in [3.8, 4) is 0 Å². The molecule has 6 nitrogen and oxygen atoms in total. The van der Waals surface area contributed by atoms with Crippen LogP contribution in [0.3, 0.4) is 0 Å². The van der Waals surface area contributed by atoms with E-state index in [1.54, 1.807) is 7.11 Å². The first kappa shape index (κ1) is 15.2. The Bertz CT molecular complexity index is 397. The molecule has 3 N–H and O–H groups in total. The number of likely N-dealkylation sites (tertiary alicyclic amines) is 1. The van der Waals surface area contributed by atoms with Gasteiger partial charge in [0, 0.05) is 31.5 Å². The number of rotatable bonds is 4. The zero-order valence-electron chi connectivity index (χ0n) is 12.4. The van der Waals surface area contributed by atoms with Crippen molar-refractivity contribution < 1.29 is 24.9 Å². The average Bonchev–Trinajstić information content (AvgIpc) is 2.88. The second-order valence-corrected chi connectivity index (χ2v) is 6.86. The van der Waals surface area contributed by atoms with Gasteiger partial charge in [-0.15, -0.1) is 0 Å². The van der Waals surface area contributed by atoms with E-state index in [4.69, 9.17) is 4.74 Å². The molecule has 0 aromatic heterocycles. The van der Waals surface area contributed by atoms with E-state index in [1.165, 1.54) is 0 Å². The fourth-order valence-corrected chi connectivity index (χ4v) is 4.39. The Labute approximate surface area is 124 Å². The highest BCUT2D eigenvalue weighted by molar-refractivity contribution is 5.79. The van der Waals surface area contributed by atoms with Crippen LogP contribution in [0.1, 0.15) is 19.3 Å².